The summed E-state index contributed by atoms with van der Waals surface area (Å²) in [6.45, 7) is 5.47. The predicted molar refractivity (Wildman–Crippen MR) is 109 cm³/mol. The number of esters is 1. The van der Waals surface area contributed by atoms with Crippen molar-refractivity contribution in [3.05, 3.63) is 54.1 Å². The lowest BCUT2D eigenvalue weighted by atomic mass is 9.92. The molecule has 1 saturated heterocycles. The predicted octanol–water partition coefficient (Wildman–Crippen LogP) is 4.16. The minimum atomic E-state index is -0.529. The number of benzene rings is 2. The van der Waals surface area contributed by atoms with Gasteiger partial charge in [0.25, 0.3) is 5.91 Å². The molecule has 6 nitrogen and oxygen atoms in total. The summed E-state index contributed by atoms with van der Waals surface area (Å²) in [5.74, 6) is 0.852. The average molecular weight is 392 g/mol. The molecule has 4 rings (SSSR count). The van der Waals surface area contributed by atoms with Gasteiger partial charge < -0.3 is 14.2 Å². The van der Waals surface area contributed by atoms with Crippen LogP contribution in [0.5, 0.6) is 0 Å². The molecule has 1 amide bonds. The zero-order valence-electron chi connectivity index (χ0n) is 16.6. The molecule has 1 aliphatic rings. The summed E-state index contributed by atoms with van der Waals surface area (Å²) in [7, 11) is 0. The molecule has 0 spiro atoms. The lowest BCUT2D eigenvalue weighted by Gasteiger charge is -2.34. The van der Waals surface area contributed by atoms with E-state index in [4.69, 9.17) is 9.26 Å². The molecule has 29 heavy (non-hydrogen) atoms. The highest BCUT2D eigenvalue weighted by molar-refractivity contribution is 5.99. The van der Waals surface area contributed by atoms with Crippen LogP contribution in [-0.4, -0.2) is 41.6 Å². The zero-order valence-corrected chi connectivity index (χ0v) is 16.6. The highest BCUT2D eigenvalue weighted by Crippen LogP contribution is 2.29. The Morgan fingerprint density at radius 2 is 1.83 bits per heavy atom. The van der Waals surface area contributed by atoms with Crippen LogP contribution >= 0.6 is 0 Å². The summed E-state index contributed by atoms with van der Waals surface area (Å²) in [5, 5.41) is 4.79. The first-order chi connectivity index (χ1) is 14.0. The summed E-state index contributed by atoms with van der Waals surface area (Å²) in [6, 6.07) is 14.6. The number of nitrogens with zero attached hydrogens (tertiary/aromatic N) is 2. The van der Waals surface area contributed by atoms with E-state index < -0.39 is 5.97 Å². The number of carbonyl (C=O) groups excluding carboxylic acids is 2. The van der Waals surface area contributed by atoms with E-state index in [0.29, 0.717) is 41.8 Å². The standard InChI is InChI=1S/C23H24N2O4/c1-15-10-16(2)13-25(12-15)21(26)14-28-23(27)18-8-9-20-19(11-18)22(29-24-20)17-6-4-3-5-7-17/h3-9,11,15-16H,10,12-14H2,1-2H3/t15-,16+. The van der Waals surface area contributed by atoms with Gasteiger partial charge in [0.1, 0.15) is 5.52 Å². The lowest BCUT2D eigenvalue weighted by molar-refractivity contribution is -0.137. The second kappa shape index (κ2) is 8.07. The highest BCUT2D eigenvalue weighted by Gasteiger charge is 2.26. The van der Waals surface area contributed by atoms with E-state index in [2.05, 4.69) is 19.0 Å². The van der Waals surface area contributed by atoms with E-state index in [1.54, 1.807) is 23.1 Å². The molecule has 2 atom stereocenters. The number of ether oxygens (including phenoxy) is 1. The molecule has 0 radical (unpaired) electrons. The van der Waals surface area contributed by atoms with Gasteiger partial charge in [0.15, 0.2) is 12.4 Å². The maximum atomic E-state index is 12.5. The van der Waals surface area contributed by atoms with Crippen LogP contribution in [0.15, 0.2) is 53.1 Å². The van der Waals surface area contributed by atoms with E-state index in [1.807, 2.05) is 30.3 Å². The molecular formula is C23H24N2O4. The van der Waals surface area contributed by atoms with Crippen molar-refractivity contribution in [1.82, 2.24) is 10.1 Å². The lowest BCUT2D eigenvalue weighted by Crippen LogP contribution is -2.44. The monoisotopic (exact) mass is 392 g/mol. The number of fused-ring (bicyclic) bond motifs is 1. The van der Waals surface area contributed by atoms with Gasteiger partial charge in [-0.1, -0.05) is 49.3 Å². The molecule has 150 valence electrons. The molecule has 2 aromatic carbocycles. The highest BCUT2D eigenvalue weighted by atomic mass is 16.5. The number of likely N-dealkylation sites (tertiary alicyclic amines) is 1. The van der Waals surface area contributed by atoms with Crippen LogP contribution < -0.4 is 0 Å². The first-order valence-electron chi connectivity index (χ1n) is 9.91. The van der Waals surface area contributed by atoms with Crippen molar-refractivity contribution in [2.24, 2.45) is 11.8 Å². The van der Waals surface area contributed by atoms with Gasteiger partial charge >= 0.3 is 5.97 Å². The Hall–Kier alpha value is -3.15. The summed E-state index contributed by atoms with van der Waals surface area (Å²) < 4.78 is 10.8. The molecule has 0 bridgehead atoms. The van der Waals surface area contributed by atoms with Crippen LogP contribution in [-0.2, 0) is 9.53 Å². The molecule has 0 aliphatic carbocycles. The quantitative estimate of drug-likeness (QED) is 0.624. The van der Waals surface area contributed by atoms with Gasteiger partial charge in [-0.25, -0.2) is 4.79 Å². The number of aromatic nitrogens is 1. The van der Waals surface area contributed by atoms with Crippen molar-refractivity contribution in [2.75, 3.05) is 19.7 Å². The van der Waals surface area contributed by atoms with E-state index in [-0.39, 0.29) is 12.5 Å². The molecule has 0 N–H and O–H groups in total. The fourth-order valence-electron chi connectivity index (χ4n) is 4.03. The van der Waals surface area contributed by atoms with E-state index in [9.17, 15) is 9.59 Å². The Morgan fingerprint density at radius 1 is 1.10 bits per heavy atom. The number of hydrogen-bond donors (Lipinski definition) is 0. The Bertz CT molecular complexity index is 1020. The first-order valence-corrected chi connectivity index (χ1v) is 9.91. The second-order valence-electron chi connectivity index (χ2n) is 7.93. The van der Waals surface area contributed by atoms with Gasteiger partial charge in [-0.2, -0.15) is 0 Å². The van der Waals surface area contributed by atoms with Crippen LogP contribution in [0.2, 0.25) is 0 Å². The number of rotatable bonds is 4. The minimum Gasteiger partial charge on any atom is -0.452 e. The number of carbonyl (C=O) groups is 2. The Morgan fingerprint density at radius 3 is 2.55 bits per heavy atom. The van der Waals surface area contributed by atoms with Gasteiger partial charge in [-0.3, -0.25) is 4.79 Å². The normalized spacial score (nSPS) is 19.3. The topological polar surface area (TPSA) is 72.6 Å². The SMILES string of the molecule is C[C@@H]1C[C@H](C)CN(C(=O)COC(=O)c2ccc3noc(-c4ccccc4)c3c2)C1. The summed E-state index contributed by atoms with van der Waals surface area (Å²) in [4.78, 5) is 26.8. The minimum absolute atomic E-state index is 0.146. The summed E-state index contributed by atoms with van der Waals surface area (Å²) in [5.41, 5.74) is 1.91. The van der Waals surface area contributed by atoms with Crippen LogP contribution in [0.3, 0.4) is 0 Å². The third kappa shape index (κ3) is 4.16. The maximum Gasteiger partial charge on any atom is 0.338 e. The van der Waals surface area contributed by atoms with E-state index in [1.165, 1.54) is 0 Å². The number of hydrogen-bond acceptors (Lipinski definition) is 5. The molecule has 1 aromatic heterocycles. The smallest absolute Gasteiger partial charge is 0.338 e. The molecule has 1 aliphatic heterocycles. The van der Waals surface area contributed by atoms with Gasteiger partial charge in [0.2, 0.25) is 0 Å². The third-order valence-corrected chi connectivity index (χ3v) is 5.30. The fraction of sp³-hybridized carbons (Fsp3) is 0.348. The molecule has 0 saturated carbocycles. The van der Waals surface area contributed by atoms with Crippen LogP contribution in [0.4, 0.5) is 0 Å². The summed E-state index contributed by atoms with van der Waals surface area (Å²) in [6.07, 6.45) is 1.12. The van der Waals surface area contributed by atoms with Crippen LogP contribution in [0, 0.1) is 11.8 Å². The van der Waals surface area contributed by atoms with Gasteiger partial charge in [0, 0.05) is 18.7 Å². The van der Waals surface area contributed by atoms with Gasteiger partial charge in [0.05, 0.1) is 10.9 Å². The molecular weight excluding hydrogens is 368 g/mol. The Balaban J connectivity index is 1.47. The third-order valence-electron chi connectivity index (χ3n) is 5.30. The Kier molecular flexibility index (Phi) is 5.34. The molecule has 1 fully saturated rings. The number of piperidine rings is 1. The average Bonchev–Trinajstić information content (AvgIpc) is 3.15. The molecule has 6 heteroatoms. The van der Waals surface area contributed by atoms with Crippen molar-refractivity contribution in [3.63, 3.8) is 0 Å². The maximum absolute atomic E-state index is 12.5. The van der Waals surface area contributed by atoms with Crippen molar-refractivity contribution in [1.29, 1.82) is 0 Å². The van der Waals surface area contributed by atoms with Gasteiger partial charge in [-0.15, -0.1) is 0 Å². The summed E-state index contributed by atoms with van der Waals surface area (Å²) >= 11 is 0. The fourth-order valence-corrected chi connectivity index (χ4v) is 4.03. The van der Waals surface area contributed by atoms with Crippen molar-refractivity contribution < 1.29 is 18.8 Å². The van der Waals surface area contributed by atoms with E-state index >= 15 is 0 Å². The van der Waals surface area contributed by atoms with Crippen molar-refractivity contribution in [3.8, 4) is 11.3 Å². The molecule has 0 unspecified atom stereocenters. The first kappa shape index (κ1) is 19.2. The molecule has 3 aromatic rings. The zero-order chi connectivity index (χ0) is 20.4. The number of amides is 1. The van der Waals surface area contributed by atoms with Crippen LogP contribution in [0.1, 0.15) is 30.6 Å². The largest absolute Gasteiger partial charge is 0.452 e. The molecule has 2 heterocycles. The van der Waals surface area contributed by atoms with Gasteiger partial charge in [-0.05, 0) is 36.5 Å². The van der Waals surface area contributed by atoms with Crippen molar-refractivity contribution in [2.45, 2.75) is 20.3 Å². The Labute approximate surface area is 169 Å². The van der Waals surface area contributed by atoms with E-state index in [0.717, 1.165) is 17.4 Å². The van der Waals surface area contributed by atoms with Crippen molar-refractivity contribution >= 4 is 22.8 Å². The second-order valence-corrected chi connectivity index (χ2v) is 7.93. The van der Waals surface area contributed by atoms with Crippen LogP contribution in [0.25, 0.3) is 22.2 Å².